The van der Waals surface area contributed by atoms with Gasteiger partial charge >= 0.3 is 5.97 Å². The van der Waals surface area contributed by atoms with Crippen molar-refractivity contribution in [1.82, 2.24) is 0 Å². The van der Waals surface area contributed by atoms with E-state index in [-0.39, 0.29) is 11.8 Å². The van der Waals surface area contributed by atoms with Crippen LogP contribution in [0.5, 0.6) is 0 Å². The van der Waals surface area contributed by atoms with Crippen molar-refractivity contribution in [1.29, 1.82) is 0 Å². The zero-order chi connectivity index (χ0) is 15.0. The lowest BCUT2D eigenvalue weighted by Gasteiger charge is -2.05. The summed E-state index contributed by atoms with van der Waals surface area (Å²) in [6, 6.07) is 9.79. The van der Waals surface area contributed by atoms with E-state index in [0.29, 0.717) is 26.6 Å². The van der Waals surface area contributed by atoms with Gasteiger partial charge in [0.1, 0.15) is 11.3 Å². The smallest absolute Gasteiger partial charge is 0.307 e. The zero-order valence-electron chi connectivity index (χ0n) is 10.6. The van der Waals surface area contributed by atoms with E-state index < -0.39 is 5.97 Å². The van der Waals surface area contributed by atoms with E-state index in [1.165, 1.54) is 17.4 Å². The Labute approximate surface area is 128 Å². The summed E-state index contributed by atoms with van der Waals surface area (Å²) < 4.78 is 6.35. The van der Waals surface area contributed by atoms with E-state index >= 15 is 0 Å². The Bertz CT molecular complexity index is 894. The van der Waals surface area contributed by atoms with E-state index in [4.69, 9.17) is 21.1 Å². The SMILES string of the molecule is O=C(O)Cc1cccc2c(=O)cc(-c3ccc(Cl)s3)oc12. The number of rotatable bonds is 3. The first-order valence-corrected chi connectivity index (χ1v) is 7.27. The highest BCUT2D eigenvalue weighted by molar-refractivity contribution is 7.19. The van der Waals surface area contributed by atoms with Gasteiger partial charge in [0.2, 0.25) is 0 Å². The number of carbonyl (C=O) groups is 1. The molecule has 0 atom stereocenters. The number of para-hydroxylation sites is 1. The van der Waals surface area contributed by atoms with Gasteiger partial charge in [-0.15, -0.1) is 11.3 Å². The summed E-state index contributed by atoms with van der Waals surface area (Å²) in [7, 11) is 0. The lowest BCUT2D eigenvalue weighted by atomic mass is 10.1. The second-order valence-corrected chi connectivity index (χ2v) is 6.16. The molecule has 1 aromatic carbocycles. The first-order valence-electron chi connectivity index (χ1n) is 6.08. The predicted molar refractivity (Wildman–Crippen MR) is 82.1 cm³/mol. The fourth-order valence-corrected chi connectivity index (χ4v) is 3.10. The van der Waals surface area contributed by atoms with Crippen molar-refractivity contribution in [2.75, 3.05) is 0 Å². The standard InChI is InChI=1S/C15H9ClO4S/c16-13-5-4-12(21-13)11-7-10(17)9-3-1-2-8(6-14(18)19)15(9)20-11/h1-5,7H,6H2,(H,18,19). The van der Waals surface area contributed by atoms with Gasteiger partial charge in [-0.25, -0.2) is 0 Å². The number of carboxylic acid groups (broad SMARTS) is 1. The van der Waals surface area contributed by atoms with E-state index in [2.05, 4.69) is 0 Å². The number of hydrogen-bond acceptors (Lipinski definition) is 4. The first kappa shape index (κ1) is 13.9. The molecule has 3 aromatic rings. The molecular formula is C15H9ClO4S. The number of benzene rings is 1. The highest BCUT2D eigenvalue weighted by atomic mass is 35.5. The van der Waals surface area contributed by atoms with Crippen molar-refractivity contribution < 1.29 is 14.3 Å². The monoisotopic (exact) mass is 320 g/mol. The molecule has 0 aliphatic heterocycles. The molecule has 0 amide bonds. The van der Waals surface area contributed by atoms with E-state index in [9.17, 15) is 9.59 Å². The second kappa shape index (κ2) is 5.35. The Morgan fingerprint density at radius 1 is 1.29 bits per heavy atom. The molecule has 106 valence electrons. The average molecular weight is 321 g/mol. The Morgan fingerprint density at radius 3 is 2.76 bits per heavy atom. The molecule has 0 unspecified atom stereocenters. The molecule has 0 aliphatic carbocycles. The van der Waals surface area contributed by atoms with Crippen LogP contribution >= 0.6 is 22.9 Å². The maximum atomic E-state index is 12.2. The second-order valence-electron chi connectivity index (χ2n) is 4.44. The van der Waals surface area contributed by atoms with Crippen LogP contribution in [-0.2, 0) is 11.2 Å². The van der Waals surface area contributed by atoms with Gasteiger partial charge in [0.25, 0.3) is 0 Å². The van der Waals surface area contributed by atoms with Gasteiger partial charge in [-0.2, -0.15) is 0 Å². The topological polar surface area (TPSA) is 67.5 Å². The number of aliphatic carboxylic acids is 1. The summed E-state index contributed by atoms with van der Waals surface area (Å²) in [6.07, 6.45) is -0.199. The molecule has 2 heterocycles. The van der Waals surface area contributed by atoms with Gasteiger partial charge in [0.05, 0.1) is 21.0 Å². The largest absolute Gasteiger partial charge is 0.481 e. The predicted octanol–water partition coefficient (Wildman–Crippen LogP) is 3.80. The van der Waals surface area contributed by atoms with Gasteiger partial charge in [0, 0.05) is 11.6 Å². The molecule has 0 aliphatic rings. The highest BCUT2D eigenvalue weighted by Crippen LogP contribution is 2.32. The summed E-state index contributed by atoms with van der Waals surface area (Å²) in [5.41, 5.74) is 0.580. The Balaban J connectivity index is 2.26. The summed E-state index contributed by atoms with van der Waals surface area (Å²) in [6.45, 7) is 0. The van der Waals surface area contributed by atoms with Crippen LogP contribution in [0.3, 0.4) is 0 Å². The van der Waals surface area contributed by atoms with Crippen molar-refractivity contribution in [3.8, 4) is 10.6 Å². The van der Waals surface area contributed by atoms with E-state index in [0.717, 1.165) is 4.88 Å². The van der Waals surface area contributed by atoms with Gasteiger partial charge in [-0.3, -0.25) is 9.59 Å². The fourth-order valence-electron chi connectivity index (χ4n) is 2.11. The maximum Gasteiger partial charge on any atom is 0.307 e. The number of fused-ring (bicyclic) bond motifs is 1. The van der Waals surface area contributed by atoms with Crippen molar-refractivity contribution >= 4 is 39.9 Å². The third-order valence-corrected chi connectivity index (χ3v) is 4.24. The van der Waals surface area contributed by atoms with Crippen molar-refractivity contribution in [2.24, 2.45) is 0 Å². The molecule has 0 bridgehead atoms. The molecule has 0 saturated carbocycles. The minimum atomic E-state index is -0.977. The first-order chi connectivity index (χ1) is 10.0. The molecule has 21 heavy (non-hydrogen) atoms. The number of thiophene rings is 1. The van der Waals surface area contributed by atoms with Crippen LogP contribution in [0.2, 0.25) is 4.34 Å². The van der Waals surface area contributed by atoms with Crippen LogP contribution in [0.4, 0.5) is 0 Å². The highest BCUT2D eigenvalue weighted by Gasteiger charge is 2.13. The lowest BCUT2D eigenvalue weighted by molar-refractivity contribution is -0.136. The van der Waals surface area contributed by atoms with Crippen LogP contribution in [-0.4, -0.2) is 11.1 Å². The molecule has 0 spiro atoms. The lowest BCUT2D eigenvalue weighted by Crippen LogP contribution is -2.05. The molecule has 0 fully saturated rings. The molecular weight excluding hydrogens is 312 g/mol. The molecule has 0 saturated heterocycles. The maximum absolute atomic E-state index is 12.2. The summed E-state index contributed by atoms with van der Waals surface area (Å²) in [5, 5.41) is 9.33. The summed E-state index contributed by atoms with van der Waals surface area (Å²) in [5.74, 6) is -0.586. The van der Waals surface area contributed by atoms with Crippen LogP contribution in [0.1, 0.15) is 5.56 Å². The van der Waals surface area contributed by atoms with Crippen LogP contribution < -0.4 is 5.43 Å². The Kier molecular flexibility index (Phi) is 3.53. The van der Waals surface area contributed by atoms with Crippen LogP contribution in [0.15, 0.2) is 45.6 Å². The van der Waals surface area contributed by atoms with Gasteiger partial charge in [-0.1, -0.05) is 23.7 Å². The Hall–Kier alpha value is -2.11. The van der Waals surface area contributed by atoms with Gasteiger partial charge in [0.15, 0.2) is 5.43 Å². The average Bonchev–Trinajstić information content (AvgIpc) is 2.85. The number of halogens is 1. The third kappa shape index (κ3) is 2.70. The molecule has 2 aromatic heterocycles. The zero-order valence-corrected chi connectivity index (χ0v) is 12.2. The van der Waals surface area contributed by atoms with E-state index in [1.54, 1.807) is 30.3 Å². The summed E-state index contributed by atoms with van der Waals surface area (Å²) in [4.78, 5) is 23.8. The summed E-state index contributed by atoms with van der Waals surface area (Å²) >= 11 is 7.18. The fraction of sp³-hybridized carbons (Fsp3) is 0.0667. The minimum absolute atomic E-state index is 0.199. The molecule has 1 N–H and O–H groups in total. The number of hydrogen-bond donors (Lipinski definition) is 1. The van der Waals surface area contributed by atoms with Crippen LogP contribution in [0, 0.1) is 0 Å². The quantitative estimate of drug-likeness (QED) is 0.797. The number of carboxylic acids is 1. The normalized spacial score (nSPS) is 10.9. The molecule has 3 rings (SSSR count). The van der Waals surface area contributed by atoms with Gasteiger partial charge < -0.3 is 9.52 Å². The van der Waals surface area contributed by atoms with E-state index in [1.807, 2.05) is 0 Å². The molecule has 6 heteroatoms. The van der Waals surface area contributed by atoms with Crippen molar-refractivity contribution in [3.05, 3.63) is 56.5 Å². The van der Waals surface area contributed by atoms with Gasteiger partial charge in [-0.05, 0) is 18.2 Å². The minimum Gasteiger partial charge on any atom is -0.481 e. The van der Waals surface area contributed by atoms with Crippen molar-refractivity contribution in [3.63, 3.8) is 0 Å². The van der Waals surface area contributed by atoms with Crippen LogP contribution in [0.25, 0.3) is 21.6 Å². The van der Waals surface area contributed by atoms with Crippen molar-refractivity contribution in [2.45, 2.75) is 6.42 Å². The third-order valence-electron chi connectivity index (χ3n) is 2.99. The molecule has 0 radical (unpaired) electrons. The Morgan fingerprint density at radius 2 is 2.10 bits per heavy atom. The molecule has 4 nitrogen and oxygen atoms in total.